The number of anilines is 2. The van der Waals surface area contributed by atoms with Gasteiger partial charge in [-0.2, -0.15) is 0 Å². The van der Waals surface area contributed by atoms with E-state index in [0.717, 1.165) is 18.8 Å². The fraction of sp³-hybridized carbons (Fsp3) is 0.375. The Kier molecular flexibility index (Phi) is 1.62. The number of ether oxygens (including phenoxy) is 1. The van der Waals surface area contributed by atoms with Gasteiger partial charge in [0.05, 0.1) is 25.1 Å². The zero-order valence-electron chi connectivity index (χ0n) is 6.66. The fourth-order valence-electron chi connectivity index (χ4n) is 1.25. The first-order chi connectivity index (χ1) is 5.77. The van der Waals surface area contributed by atoms with E-state index in [-0.39, 0.29) is 0 Å². The number of aromatic nitrogens is 1. The number of nitrogens with two attached hydrogens (primary N) is 2. The summed E-state index contributed by atoms with van der Waals surface area (Å²) in [7, 11) is 0. The quantitative estimate of drug-likeness (QED) is 0.630. The minimum atomic E-state index is 0.390. The van der Waals surface area contributed by atoms with E-state index in [1.165, 1.54) is 0 Å². The largest absolute Gasteiger partial charge is 0.397 e. The molecule has 1 aliphatic rings. The molecule has 0 amide bonds. The first-order valence-electron chi connectivity index (χ1n) is 3.86. The zero-order chi connectivity index (χ0) is 8.55. The number of nitrogen functional groups attached to an aromatic ring is 2. The Morgan fingerprint density at radius 2 is 2.17 bits per heavy atom. The second kappa shape index (κ2) is 2.64. The van der Waals surface area contributed by atoms with Gasteiger partial charge < -0.3 is 16.2 Å². The molecule has 4 heteroatoms. The minimum absolute atomic E-state index is 0.390. The van der Waals surface area contributed by atoms with Crippen molar-refractivity contribution in [3.05, 3.63) is 17.8 Å². The monoisotopic (exact) mass is 165 g/mol. The molecule has 4 N–H and O–H groups in total. The Hall–Kier alpha value is -1.29. The topological polar surface area (TPSA) is 74.2 Å². The van der Waals surface area contributed by atoms with Gasteiger partial charge in [0.2, 0.25) is 0 Å². The number of hydrogen-bond acceptors (Lipinski definition) is 4. The maximum Gasteiger partial charge on any atom is 0.127 e. The van der Waals surface area contributed by atoms with Crippen molar-refractivity contribution in [1.82, 2.24) is 4.98 Å². The molecule has 64 valence electrons. The minimum Gasteiger partial charge on any atom is -0.397 e. The highest BCUT2D eigenvalue weighted by Gasteiger charge is 2.23. The molecule has 1 aromatic heterocycles. The molecule has 0 spiro atoms. The van der Waals surface area contributed by atoms with Gasteiger partial charge in [0.1, 0.15) is 5.82 Å². The van der Waals surface area contributed by atoms with E-state index in [1.54, 1.807) is 6.20 Å². The molecule has 1 fully saturated rings. The van der Waals surface area contributed by atoms with Crippen LogP contribution in [0.3, 0.4) is 0 Å². The van der Waals surface area contributed by atoms with Crippen molar-refractivity contribution in [3.8, 4) is 0 Å². The van der Waals surface area contributed by atoms with Crippen molar-refractivity contribution in [3.63, 3.8) is 0 Å². The summed E-state index contributed by atoms with van der Waals surface area (Å²) in [6, 6.07) is 1.87. The molecule has 1 saturated heterocycles. The molecule has 0 aliphatic carbocycles. The average molecular weight is 165 g/mol. The maximum atomic E-state index is 5.68. The molecule has 2 rings (SSSR count). The van der Waals surface area contributed by atoms with Crippen LogP contribution in [0, 0.1) is 0 Å². The first kappa shape index (κ1) is 7.36. The molecule has 0 saturated carbocycles. The molecule has 12 heavy (non-hydrogen) atoms. The van der Waals surface area contributed by atoms with Crippen molar-refractivity contribution in [2.75, 3.05) is 24.7 Å². The summed E-state index contributed by atoms with van der Waals surface area (Å²) < 4.78 is 5.06. The van der Waals surface area contributed by atoms with Crippen molar-refractivity contribution in [1.29, 1.82) is 0 Å². The number of rotatable bonds is 1. The van der Waals surface area contributed by atoms with Gasteiger partial charge in [0.15, 0.2) is 0 Å². The van der Waals surface area contributed by atoms with E-state index in [9.17, 15) is 0 Å². The lowest BCUT2D eigenvalue weighted by molar-refractivity contribution is 0.00863. The smallest absolute Gasteiger partial charge is 0.127 e. The summed E-state index contributed by atoms with van der Waals surface area (Å²) >= 11 is 0. The third-order valence-electron chi connectivity index (χ3n) is 2.05. The van der Waals surface area contributed by atoms with Gasteiger partial charge in [-0.1, -0.05) is 0 Å². The van der Waals surface area contributed by atoms with Gasteiger partial charge in [0.25, 0.3) is 0 Å². The van der Waals surface area contributed by atoms with E-state index in [2.05, 4.69) is 4.98 Å². The van der Waals surface area contributed by atoms with E-state index in [1.807, 2.05) is 6.07 Å². The normalized spacial score (nSPS) is 17.3. The van der Waals surface area contributed by atoms with Crippen LogP contribution in [-0.2, 0) is 4.74 Å². The van der Waals surface area contributed by atoms with Gasteiger partial charge in [0, 0.05) is 11.5 Å². The second-order valence-electron chi connectivity index (χ2n) is 2.98. The van der Waals surface area contributed by atoms with Crippen LogP contribution >= 0.6 is 0 Å². The lowest BCUT2D eigenvalue weighted by atomic mass is 9.98. The van der Waals surface area contributed by atoms with Gasteiger partial charge in [-0.15, -0.1) is 0 Å². The Balaban J connectivity index is 2.34. The van der Waals surface area contributed by atoms with Crippen LogP contribution in [0.1, 0.15) is 11.5 Å². The van der Waals surface area contributed by atoms with Crippen LogP contribution in [0.5, 0.6) is 0 Å². The Bertz CT molecular complexity index is 296. The molecule has 0 radical (unpaired) electrons. The summed E-state index contributed by atoms with van der Waals surface area (Å²) in [5.41, 5.74) is 12.9. The van der Waals surface area contributed by atoms with Gasteiger partial charge >= 0.3 is 0 Å². The van der Waals surface area contributed by atoms with E-state index in [0.29, 0.717) is 17.4 Å². The molecule has 1 aliphatic heterocycles. The maximum absolute atomic E-state index is 5.68. The van der Waals surface area contributed by atoms with E-state index >= 15 is 0 Å². The van der Waals surface area contributed by atoms with Gasteiger partial charge in [-0.25, -0.2) is 4.98 Å². The van der Waals surface area contributed by atoms with Crippen LogP contribution in [-0.4, -0.2) is 18.2 Å². The highest BCUT2D eigenvalue weighted by Crippen LogP contribution is 2.28. The predicted molar refractivity (Wildman–Crippen MR) is 46.6 cm³/mol. The summed E-state index contributed by atoms with van der Waals surface area (Å²) in [6.07, 6.45) is 1.57. The molecule has 0 bridgehead atoms. The van der Waals surface area contributed by atoms with Crippen LogP contribution < -0.4 is 11.5 Å². The lowest BCUT2D eigenvalue weighted by Crippen LogP contribution is -2.26. The standard InChI is InChI=1S/C8H11N3O/c9-6-1-7(5-3-12-4-5)8(10)11-2-6/h1-2,5H,3-4,9H2,(H2,10,11). The van der Waals surface area contributed by atoms with Crippen LogP contribution in [0.25, 0.3) is 0 Å². The van der Waals surface area contributed by atoms with Gasteiger partial charge in [-0.05, 0) is 6.07 Å². The summed E-state index contributed by atoms with van der Waals surface area (Å²) in [5.74, 6) is 0.957. The molecule has 2 heterocycles. The third kappa shape index (κ3) is 1.10. The lowest BCUT2D eigenvalue weighted by Gasteiger charge is -2.26. The Morgan fingerprint density at radius 3 is 2.75 bits per heavy atom. The Morgan fingerprint density at radius 1 is 1.42 bits per heavy atom. The first-order valence-corrected chi connectivity index (χ1v) is 3.86. The molecule has 0 aromatic carbocycles. The summed E-state index contributed by atoms with van der Waals surface area (Å²) in [5, 5.41) is 0. The van der Waals surface area contributed by atoms with Crippen molar-refractivity contribution in [2.24, 2.45) is 0 Å². The number of pyridine rings is 1. The molecule has 1 aromatic rings. The predicted octanol–water partition coefficient (Wildman–Crippen LogP) is 0.360. The van der Waals surface area contributed by atoms with Crippen LogP contribution in [0.15, 0.2) is 12.3 Å². The number of hydrogen-bond donors (Lipinski definition) is 2. The van der Waals surface area contributed by atoms with E-state index in [4.69, 9.17) is 16.2 Å². The molecular formula is C8H11N3O. The molecule has 4 nitrogen and oxygen atoms in total. The van der Waals surface area contributed by atoms with E-state index < -0.39 is 0 Å². The van der Waals surface area contributed by atoms with Crippen LogP contribution in [0.2, 0.25) is 0 Å². The highest BCUT2D eigenvalue weighted by atomic mass is 16.5. The second-order valence-corrected chi connectivity index (χ2v) is 2.98. The molecular weight excluding hydrogens is 154 g/mol. The molecule has 0 atom stereocenters. The van der Waals surface area contributed by atoms with Crippen LogP contribution in [0.4, 0.5) is 11.5 Å². The van der Waals surface area contributed by atoms with Gasteiger partial charge in [-0.3, -0.25) is 0 Å². The Labute approximate surface area is 70.5 Å². The summed E-state index contributed by atoms with van der Waals surface area (Å²) in [6.45, 7) is 1.46. The molecule has 0 unspecified atom stereocenters. The number of nitrogens with zero attached hydrogens (tertiary/aromatic N) is 1. The zero-order valence-corrected chi connectivity index (χ0v) is 6.66. The highest BCUT2D eigenvalue weighted by molar-refractivity contribution is 5.50. The average Bonchev–Trinajstić information content (AvgIpc) is 1.93. The van der Waals surface area contributed by atoms with Crippen molar-refractivity contribution < 1.29 is 4.74 Å². The third-order valence-corrected chi connectivity index (χ3v) is 2.05. The summed E-state index contributed by atoms with van der Waals surface area (Å²) in [4.78, 5) is 3.98. The van der Waals surface area contributed by atoms with Crippen molar-refractivity contribution >= 4 is 11.5 Å². The SMILES string of the molecule is Nc1cnc(N)c(C2COC2)c1. The fourth-order valence-corrected chi connectivity index (χ4v) is 1.25. The van der Waals surface area contributed by atoms with Crippen molar-refractivity contribution in [2.45, 2.75) is 5.92 Å².